The van der Waals surface area contributed by atoms with E-state index in [0.29, 0.717) is 39.6 Å². The molecule has 0 bridgehead atoms. The molecule has 0 saturated heterocycles. The van der Waals surface area contributed by atoms with E-state index in [-0.39, 0.29) is 134 Å². The molecule has 1 aromatic rings. The van der Waals surface area contributed by atoms with Crippen molar-refractivity contribution in [1.82, 2.24) is 21.3 Å². The van der Waals surface area contributed by atoms with E-state index in [4.69, 9.17) is 64.0 Å². The predicted molar refractivity (Wildman–Crippen MR) is 232 cm³/mol. The zero-order valence-corrected chi connectivity index (χ0v) is 35.9. The molecule has 336 valence electrons. The zero-order chi connectivity index (χ0) is 43.6. The number of rotatable bonds is 35. The van der Waals surface area contributed by atoms with Crippen molar-refractivity contribution < 1.29 is 57.0 Å². The Morgan fingerprint density at radius 3 is 1.40 bits per heavy atom. The van der Waals surface area contributed by atoms with E-state index in [1.807, 2.05) is 0 Å². The first-order chi connectivity index (χ1) is 28.4. The number of para-hydroxylation sites is 1. The minimum Gasteiger partial charge on any atom is -0.791 e. The number of hydrogen-bond donors (Lipinski definition) is 4. The summed E-state index contributed by atoms with van der Waals surface area (Å²) >= 11 is 5.24. The summed E-state index contributed by atoms with van der Waals surface area (Å²) in [5, 5.41) is 11.4. The lowest BCUT2D eigenvalue weighted by atomic mass is 9.82. The molecule has 1 unspecified atom stereocenters. The molecule has 0 aliphatic rings. The summed E-state index contributed by atoms with van der Waals surface area (Å²) in [6.45, 7) is 3.32. The van der Waals surface area contributed by atoms with Gasteiger partial charge in [0.25, 0.3) is 5.91 Å². The molecule has 4 N–H and O–H groups in total. The number of hydrogen-bond acceptors (Lipinski definition) is 13. The third-order valence-electron chi connectivity index (χ3n) is 8.24. The normalized spacial score (nSPS) is 11.8. The molecule has 0 saturated carbocycles. The van der Waals surface area contributed by atoms with E-state index in [1.54, 1.807) is 26.0 Å². The average molecular weight is 880 g/mol. The summed E-state index contributed by atoms with van der Waals surface area (Å²) < 4.78 is 37.6. The van der Waals surface area contributed by atoms with Crippen LogP contribution in [0.5, 0.6) is 5.75 Å². The summed E-state index contributed by atoms with van der Waals surface area (Å²) in [5.41, 5.74) is -1.74. The van der Waals surface area contributed by atoms with Gasteiger partial charge < -0.3 is 59.1 Å². The Labute approximate surface area is 361 Å². The number of benzene rings is 1. The molecule has 0 heterocycles. The summed E-state index contributed by atoms with van der Waals surface area (Å²) in [5.74, 6) is 5.44. The highest BCUT2D eigenvalue weighted by molar-refractivity contribution is 8.09. The van der Waals surface area contributed by atoms with Crippen LogP contribution < -0.4 is 30.7 Å². The van der Waals surface area contributed by atoms with Gasteiger partial charge in [0, 0.05) is 56.6 Å². The van der Waals surface area contributed by atoms with Crippen LogP contribution in [0.2, 0.25) is 0 Å². The maximum atomic E-state index is 14.2. The Balaban J connectivity index is 0.0000348. The zero-order valence-electron chi connectivity index (χ0n) is 34.2. The maximum Gasteiger partial charge on any atom is 0.255 e. The van der Waals surface area contributed by atoms with Gasteiger partial charge in [0.2, 0.25) is 17.7 Å². The number of ether oxygens (including phenoxy) is 6. The van der Waals surface area contributed by atoms with Gasteiger partial charge in [-0.2, -0.15) is 0 Å². The first-order valence-corrected chi connectivity index (χ1v) is 22.1. The summed E-state index contributed by atoms with van der Waals surface area (Å²) in [7, 11) is 0. The topological polar surface area (TPSA) is 204 Å². The number of carbonyl (C=O) groups is 4. The first-order valence-electron chi connectivity index (χ1n) is 19.4. The van der Waals surface area contributed by atoms with Crippen LogP contribution in [0.25, 0.3) is 0 Å². The van der Waals surface area contributed by atoms with Crippen LogP contribution in [0.15, 0.2) is 24.3 Å². The summed E-state index contributed by atoms with van der Waals surface area (Å²) in [6.07, 6.45) is 15.4. The van der Waals surface area contributed by atoms with Gasteiger partial charge in [0.1, 0.15) is 25.6 Å². The second-order valence-corrected chi connectivity index (χ2v) is 16.9. The van der Waals surface area contributed by atoms with Gasteiger partial charge in [-0.25, -0.2) is 0 Å². The molecule has 18 heteroatoms. The predicted octanol–water partition coefficient (Wildman–Crippen LogP) is 1.94. The van der Waals surface area contributed by atoms with E-state index in [0.717, 1.165) is 0 Å². The van der Waals surface area contributed by atoms with Crippen molar-refractivity contribution in [3.8, 4) is 42.8 Å². The maximum absolute atomic E-state index is 14.2. The van der Waals surface area contributed by atoms with Crippen molar-refractivity contribution in [3.05, 3.63) is 29.8 Å². The average Bonchev–Trinajstić information content (AvgIpc) is 3.21. The van der Waals surface area contributed by atoms with Crippen molar-refractivity contribution in [2.24, 2.45) is 0 Å². The van der Waals surface area contributed by atoms with Crippen molar-refractivity contribution in [3.63, 3.8) is 0 Å². The highest BCUT2D eigenvalue weighted by Gasteiger charge is 2.35. The van der Waals surface area contributed by atoms with Crippen LogP contribution in [-0.4, -0.2) is 134 Å². The monoisotopic (exact) mass is 879 g/mol. The third kappa shape index (κ3) is 26.9. The second kappa shape index (κ2) is 34.6. The Morgan fingerprint density at radius 1 is 0.667 bits per heavy atom. The third-order valence-corrected chi connectivity index (χ3v) is 11.4. The lowest BCUT2D eigenvalue weighted by Crippen LogP contribution is -2.50. The Bertz CT molecular complexity index is 1460. The molecule has 4 amide bonds. The summed E-state index contributed by atoms with van der Waals surface area (Å²) in [4.78, 5) is 66.6. The molecule has 0 aromatic heterocycles. The van der Waals surface area contributed by atoms with Gasteiger partial charge in [-0.05, 0) is 31.4 Å². The van der Waals surface area contributed by atoms with Crippen LogP contribution >= 0.6 is 6.49 Å². The lowest BCUT2D eigenvalue weighted by Gasteiger charge is -2.36. The van der Waals surface area contributed by atoms with Crippen LogP contribution in [0, 0.1) is 37.0 Å². The van der Waals surface area contributed by atoms with Crippen molar-refractivity contribution in [2.75, 3.05) is 98.9 Å². The molecule has 1 rings (SSSR count). The molecule has 60 heavy (non-hydrogen) atoms. The Morgan fingerprint density at radius 2 is 1.03 bits per heavy atom. The van der Waals surface area contributed by atoms with Gasteiger partial charge in [-0.1, -0.05) is 63.0 Å². The number of terminal acetylenes is 3. The molecule has 0 aliphatic carbocycles. The van der Waals surface area contributed by atoms with Gasteiger partial charge in [-0.3, -0.25) is 19.2 Å². The Kier molecular flexibility index (Phi) is 32.3. The fourth-order valence-electron chi connectivity index (χ4n) is 5.01. The van der Waals surface area contributed by atoms with E-state index in [1.165, 1.54) is 12.1 Å². The van der Waals surface area contributed by atoms with E-state index in [9.17, 15) is 24.1 Å². The van der Waals surface area contributed by atoms with Gasteiger partial charge in [0.05, 0.1) is 65.0 Å². The molecule has 0 aliphatic heterocycles. The van der Waals surface area contributed by atoms with E-state index >= 15 is 0 Å². The minimum atomic E-state index is -3.58. The van der Waals surface area contributed by atoms with Gasteiger partial charge >= 0.3 is 0 Å². The molecule has 0 spiro atoms. The standard InChI is InChI=1S/C41H61N4O12PS.CH4/c1-6-22-51-28-31-54-25-19-42-37(46)13-16-41(17-14-38(47)43-20-26-55-32-29-52-23-7-2,18-15-39(48)44-21-27-56-33-30-53-24-8-3)45-40(49)35-11-9-10-12-36(35)57-58(50,59)34(4)5;/h1-3,9-12,34H,13-33H2,4-5H3,(H,42,46)(H,43,47)(H,44,48)(H,45,49)(H,50,59);1H4/p-1. The molecule has 16 nitrogen and oxygen atoms in total. The van der Waals surface area contributed by atoms with Gasteiger partial charge in [-0.15, -0.1) is 19.3 Å². The largest absolute Gasteiger partial charge is 0.791 e. The van der Waals surface area contributed by atoms with Crippen molar-refractivity contribution in [2.45, 2.75) is 71.0 Å². The number of carbonyl (C=O) groups excluding carboxylic acids is 4. The highest BCUT2D eigenvalue weighted by Crippen LogP contribution is 2.44. The van der Waals surface area contributed by atoms with Crippen LogP contribution in [0.1, 0.15) is 70.2 Å². The van der Waals surface area contributed by atoms with Crippen LogP contribution in [0.4, 0.5) is 0 Å². The van der Waals surface area contributed by atoms with Crippen LogP contribution in [0.3, 0.4) is 0 Å². The quantitative estimate of drug-likeness (QED) is 0.0438. The SMILES string of the molecule is C.C#CCOCCOCCNC(=O)CCC(CCC(=O)NCCOCCOCC#C)(CCC(=O)NCCOCCOCC#C)NC(=O)c1ccccc1OP([O-])(=S)C(C)C. The highest BCUT2D eigenvalue weighted by atomic mass is 32.5. The molecule has 1 atom stereocenters. The van der Waals surface area contributed by atoms with E-state index in [2.05, 4.69) is 39.0 Å². The number of nitrogens with one attached hydrogen (secondary N) is 4. The molecule has 0 radical (unpaired) electrons. The van der Waals surface area contributed by atoms with E-state index < -0.39 is 23.6 Å². The van der Waals surface area contributed by atoms with Gasteiger partial charge in [0.15, 0.2) is 0 Å². The second-order valence-electron chi connectivity index (χ2n) is 13.1. The smallest absolute Gasteiger partial charge is 0.255 e. The number of amides is 4. The molecular weight excluding hydrogens is 816 g/mol. The molecule has 0 fully saturated rings. The van der Waals surface area contributed by atoms with Crippen molar-refractivity contribution in [1.29, 1.82) is 0 Å². The lowest BCUT2D eigenvalue weighted by molar-refractivity contribution is -0.177. The fraction of sp³-hybridized carbons (Fsp3) is 0.619. The fourth-order valence-corrected chi connectivity index (χ4v) is 5.90. The summed E-state index contributed by atoms with van der Waals surface area (Å²) in [6, 6.07) is 6.20. The first kappa shape index (κ1) is 55.9. The Hall–Kier alpha value is -4.05. The minimum absolute atomic E-state index is 0. The van der Waals surface area contributed by atoms with Crippen molar-refractivity contribution >= 4 is 41.9 Å². The van der Waals surface area contributed by atoms with Crippen LogP contribution in [-0.2, 0) is 54.6 Å². The molecular formula is C42H64N4O12PS-. The molecule has 1 aromatic carbocycles.